The highest BCUT2D eigenvalue weighted by Gasteiger charge is 2.34. The number of H-pyrrole nitrogens is 1. The summed E-state index contributed by atoms with van der Waals surface area (Å²) >= 11 is 0. The number of rotatable bonds is 8. The number of aromatic amines is 1. The SMILES string of the molecule is CN1CCN(c2ccc(C(=O)Nc3n[nH]c4c3CN(S(=O)(=O)c3cc(F)cc(F)c3)CC4)c(NC[C@H]3CCCN3C(=O)OC(C)(C)C)c2)CC1. The van der Waals surface area contributed by atoms with Gasteiger partial charge in [-0.1, -0.05) is 0 Å². The first-order chi connectivity index (χ1) is 23.7. The maximum Gasteiger partial charge on any atom is 0.410 e. The van der Waals surface area contributed by atoms with Gasteiger partial charge in [-0.25, -0.2) is 22.0 Å². The predicted octanol–water partition coefficient (Wildman–Crippen LogP) is 4.25. The minimum absolute atomic E-state index is 0.0619. The summed E-state index contributed by atoms with van der Waals surface area (Å²) in [6.07, 6.45) is 1.52. The van der Waals surface area contributed by atoms with E-state index in [4.69, 9.17) is 4.74 Å². The zero-order valence-corrected chi connectivity index (χ0v) is 29.6. The third-order valence-electron chi connectivity index (χ3n) is 9.25. The van der Waals surface area contributed by atoms with E-state index in [1.165, 1.54) is 0 Å². The molecule has 0 spiro atoms. The number of likely N-dealkylation sites (tertiary alicyclic amines) is 1. The molecule has 270 valence electrons. The van der Waals surface area contributed by atoms with Crippen LogP contribution in [0.15, 0.2) is 41.3 Å². The van der Waals surface area contributed by atoms with Gasteiger partial charge in [0.15, 0.2) is 5.82 Å². The van der Waals surface area contributed by atoms with Crippen molar-refractivity contribution < 1.29 is 31.5 Å². The van der Waals surface area contributed by atoms with Crippen molar-refractivity contribution >= 4 is 39.2 Å². The van der Waals surface area contributed by atoms with Crippen molar-refractivity contribution in [3.63, 3.8) is 0 Å². The first kappa shape index (κ1) is 35.5. The van der Waals surface area contributed by atoms with Gasteiger partial charge < -0.3 is 30.1 Å². The van der Waals surface area contributed by atoms with Crippen LogP contribution in [0.2, 0.25) is 0 Å². The van der Waals surface area contributed by atoms with Crippen molar-refractivity contribution in [2.45, 2.75) is 63.1 Å². The Labute approximate surface area is 291 Å². The van der Waals surface area contributed by atoms with E-state index in [-0.39, 0.29) is 37.5 Å². The maximum atomic E-state index is 13.9. The number of likely N-dealkylation sites (N-methyl/N-ethyl adjacent to an activating group) is 1. The number of nitrogens with zero attached hydrogens (tertiary/aromatic N) is 5. The minimum Gasteiger partial charge on any atom is -0.444 e. The van der Waals surface area contributed by atoms with Crippen molar-refractivity contribution in [1.82, 2.24) is 24.3 Å². The van der Waals surface area contributed by atoms with Gasteiger partial charge in [-0.15, -0.1) is 0 Å². The van der Waals surface area contributed by atoms with Crippen molar-refractivity contribution in [3.05, 3.63) is 64.9 Å². The standard InChI is InChI=1S/C34H44F2N8O5S/c1-34(2,3)49-33(46)44-10-5-6-25(44)20-37-30-19-24(42-14-12-41(4)13-15-42)7-8-27(30)32(45)38-31-28-21-43(11-9-29(28)39-40-31)50(47,48)26-17-22(35)16-23(36)18-26/h7-8,16-19,25,37H,5-6,9-15,20-21H2,1-4H3,(H2,38,39,40,45)/t25-/m1/s1. The molecule has 2 saturated heterocycles. The molecule has 3 aromatic rings. The van der Waals surface area contributed by atoms with E-state index in [1.807, 2.05) is 32.9 Å². The normalized spacial score (nSPS) is 19.0. The summed E-state index contributed by atoms with van der Waals surface area (Å²) in [6.45, 7) is 9.87. The van der Waals surface area contributed by atoms with Crippen LogP contribution < -0.4 is 15.5 Å². The number of amides is 2. The van der Waals surface area contributed by atoms with Crippen molar-refractivity contribution in [3.8, 4) is 0 Å². The highest BCUT2D eigenvalue weighted by Crippen LogP contribution is 2.31. The fourth-order valence-electron chi connectivity index (χ4n) is 6.55. The van der Waals surface area contributed by atoms with E-state index in [2.05, 4.69) is 37.7 Å². The molecule has 2 fully saturated rings. The molecule has 3 aliphatic rings. The number of ether oxygens (including phenoxy) is 1. The molecular formula is C34H44F2N8O5S. The molecule has 0 saturated carbocycles. The second-order valence-corrected chi connectivity index (χ2v) is 16.0. The highest BCUT2D eigenvalue weighted by atomic mass is 32.2. The smallest absolute Gasteiger partial charge is 0.410 e. The lowest BCUT2D eigenvalue weighted by molar-refractivity contribution is 0.0235. The number of nitrogens with one attached hydrogen (secondary N) is 3. The van der Waals surface area contributed by atoms with Crippen LogP contribution in [0.5, 0.6) is 0 Å². The number of hydrogen-bond acceptors (Lipinski definition) is 9. The van der Waals surface area contributed by atoms with Crippen LogP contribution in [0.25, 0.3) is 0 Å². The first-order valence-corrected chi connectivity index (χ1v) is 18.3. The van der Waals surface area contributed by atoms with E-state index >= 15 is 0 Å². The van der Waals surface area contributed by atoms with Crippen LogP contribution in [0.4, 0.5) is 30.8 Å². The number of carbonyl (C=O) groups is 2. The third kappa shape index (κ3) is 7.87. The summed E-state index contributed by atoms with van der Waals surface area (Å²) in [5.74, 6) is -2.29. The average molecular weight is 715 g/mol. The quantitative estimate of drug-likeness (QED) is 0.312. The molecule has 6 rings (SSSR count). The topological polar surface area (TPSA) is 143 Å². The van der Waals surface area contributed by atoms with Gasteiger partial charge in [-0.2, -0.15) is 9.40 Å². The molecule has 0 radical (unpaired) electrons. The van der Waals surface area contributed by atoms with Crippen molar-refractivity contribution in [2.75, 3.05) is 68.4 Å². The summed E-state index contributed by atoms with van der Waals surface area (Å²) in [4.78, 5) is 32.6. The van der Waals surface area contributed by atoms with E-state index in [1.54, 1.807) is 11.0 Å². The van der Waals surface area contributed by atoms with Crippen molar-refractivity contribution in [1.29, 1.82) is 0 Å². The Kier molecular flexibility index (Phi) is 10.1. The largest absolute Gasteiger partial charge is 0.444 e. The lowest BCUT2D eigenvalue weighted by Crippen LogP contribution is -2.44. The summed E-state index contributed by atoms with van der Waals surface area (Å²) in [5, 5.41) is 13.5. The molecule has 50 heavy (non-hydrogen) atoms. The first-order valence-electron chi connectivity index (χ1n) is 16.8. The van der Waals surface area contributed by atoms with Gasteiger partial charge in [0.25, 0.3) is 5.91 Å². The summed E-state index contributed by atoms with van der Waals surface area (Å²) in [5.41, 5.74) is 2.38. The molecule has 4 heterocycles. The molecule has 3 aliphatic heterocycles. The van der Waals surface area contributed by atoms with Gasteiger partial charge in [0.05, 0.1) is 16.5 Å². The Balaban J connectivity index is 1.22. The van der Waals surface area contributed by atoms with Crippen LogP contribution >= 0.6 is 0 Å². The number of aromatic nitrogens is 2. The average Bonchev–Trinajstić information content (AvgIpc) is 3.70. The lowest BCUT2D eigenvalue weighted by atomic mass is 10.1. The molecular weight excluding hydrogens is 670 g/mol. The minimum atomic E-state index is -4.24. The number of fused-ring (bicyclic) bond motifs is 1. The summed E-state index contributed by atoms with van der Waals surface area (Å²) < 4.78 is 61.2. The molecule has 1 atom stereocenters. The molecule has 1 aromatic heterocycles. The van der Waals surface area contributed by atoms with Gasteiger partial charge in [-0.3, -0.25) is 9.89 Å². The van der Waals surface area contributed by atoms with Crippen LogP contribution in [-0.2, 0) is 27.7 Å². The summed E-state index contributed by atoms with van der Waals surface area (Å²) in [6, 6.07) is 7.64. The van der Waals surface area contributed by atoms with Crippen molar-refractivity contribution in [2.24, 2.45) is 0 Å². The molecule has 0 aliphatic carbocycles. The number of hydrogen-bond donors (Lipinski definition) is 3. The fraction of sp³-hybridized carbons (Fsp3) is 0.500. The Morgan fingerprint density at radius 2 is 1.74 bits per heavy atom. The number of benzene rings is 2. The monoisotopic (exact) mass is 714 g/mol. The van der Waals surface area contributed by atoms with Crippen LogP contribution in [0.1, 0.15) is 55.2 Å². The molecule has 0 bridgehead atoms. The molecule has 2 amide bonds. The number of carbonyl (C=O) groups excluding carboxylic acids is 2. The van der Waals surface area contributed by atoms with E-state index in [0.29, 0.717) is 41.7 Å². The van der Waals surface area contributed by atoms with E-state index in [0.717, 1.165) is 61.1 Å². The van der Waals surface area contributed by atoms with Gasteiger partial charge in [0, 0.05) is 87.5 Å². The van der Waals surface area contributed by atoms with E-state index in [9.17, 15) is 26.8 Å². The van der Waals surface area contributed by atoms with E-state index < -0.39 is 38.1 Å². The molecule has 3 N–H and O–H groups in total. The van der Waals surface area contributed by atoms with Crippen LogP contribution in [0.3, 0.4) is 0 Å². The zero-order valence-electron chi connectivity index (χ0n) is 28.8. The molecule has 16 heteroatoms. The second kappa shape index (κ2) is 14.2. The Morgan fingerprint density at radius 1 is 1.02 bits per heavy atom. The third-order valence-corrected chi connectivity index (χ3v) is 11.1. The lowest BCUT2D eigenvalue weighted by Gasteiger charge is -2.34. The van der Waals surface area contributed by atoms with Crippen LogP contribution in [-0.4, -0.2) is 109 Å². The zero-order chi connectivity index (χ0) is 35.8. The highest BCUT2D eigenvalue weighted by molar-refractivity contribution is 7.89. The Morgan fingerprint density at radius 3 is 2.44 bits per heavy atom. The Bertz CT molecular complexity index is 1840. The molecule has 2 aromatic carbocycles. The fourth-order valence-corrected chi connectivity index (χ4v) is 8.01. The summed E-state index contributed by atoms with van der Waals surface area (Å²) in [7, 11) is -2.16. The predicted molar refractivity (Wildman–Crippen MR) is 185 cm³/mol. The molecule has 0 unspecified atom stereocenters. The van der Waals surface area contributed by atoms with Gasteiger partial charge in [0.1, 0.15) is 17.2 Å². The maximum absolute atomic E-state index is 13.9. The Hall–Kier alpha value is -4.28. The second-order valence-electron chi connectivity index (χ2n) is 14.0. The van der Waals surface area contributed by atoms with Gasteiger partial charge in [0.2, 0.25) is 10.0 Å². The van der Waals surface area contributed by atoms with Gasteiger partial charge in [-0.05, 0) is 71.0 Å². The number of halogens is 2. The number of sulfonamides is 1. The van der Waals surface area contributed by atoms with Crippen LogP contribution in [0, 0.1) is 11.6 Å². The number of anilines is 3. The molecule has 13 nitrogen and oxygen atoms in total. The van der Waals surface area contributed by atoms with Gasteiger partial charge >= 0.3 is 6.09 Å². The number of piperazine rings is 1.